The fraction of sp³-hybridized carbons (Fsp3) is 1.00. The quantitative estimate of drug-likeness (QED) is 0.706. The van der Waals surface area contributed by atoms with Gasteiger partial charge in [-0.3, -0.25) is 0 Å². The molecular formula is C6H11ClF3N. The van der Waals surface area contributed by atoms with E-state index in [9.17, 15) is 13.2 Å². The van der Waals surface area contributed by atoms with Gasteiger partial charge in [0.05, 0.1) is 5.92 Å². The highest BCUT2D eigenvalue weighted by molar-refractivity contribution is 5.85. The van der Waals surface area contributed by atoms with E-state index in [-0.39, 0.29) is 18.3 Å². The number of halogens is 4. The summed E-state index contributed by atoms with van der Waals surface area (Å²) in [6.07, 6.45) is -3.16. The lowest BCUT2D eigenvalue weighted by Crippen LogP contribution is -2.13. The van der Waals surface area contributed by atoms with Crippen LogP contribution in [0.2, 0.25) is 0 Å². The maximum atomic E-state index is 11.8. The van der Waals surface area contributed by atoms with Gasteiger partial charge in [0.2, 0.25) is 0 Å². The van der Waals surface area contributed by atoms with Crippen LogP contribution < -0.4 is 5.73 Å². The molecular weight excluding hydrogens is 179 g/mol. The Kier molecular flexibility index (Phi) is 3.64. The average molecular weight is 190 g/mol. The summed E-state index contributed by atoms with van der Waals surface area (Å²) in [6.45, 7) is 0.372. The van der Waals surface area contributed by atoms with E-state index in [2.05, 4.69) is 0 Å². The van der Waals surface area contributed by atoms with Crippen molar-refractivity contribution in [2.75, 3.05) is 6.54 Å². The summed E-state index contributed by atoms with van der Waals surface area (Å²) in [5.74, 6) is -1.22. The number of hydrogen-bond acceptors (Lipinski definition) is 1. The third-order valence-electron chi connectivity index (χ3n) is 1.88. The first-order valence-electron chi connectivity index (χ1n) is 3.32. The Bertz CT molecular complexity index is 125. The third-order valence-corrected chi connectivity index (χ3v) is 1.88. The zero-order chi connectivity index (χ0) is 7.78. The Labute approximate surface area is 69.5 Å². The standard InChI is InChI=1S/C6H10F3N.ClH/c7-6(8,9)5-3-4(5)1-2-10;/h4-5H,1-3,10H2;1H/t4-,5-;/m1./s1. The maximum Gasteiger partial charge on any atom is 0.392 e. The van der Waals surface area contributed by atoms with Gasteiger partial charge in [-0.05, 0) is 25.3 Å². The molecule has 68 valence electrons. The van der Waals surface area contributed by atoms with Crippen LogP contribution in [0.25, 0.3) is 0 Å². The summed E-state index contributed by atoms with van der Waals surface area (Å²) in [7, 11) is 0. The summed E-state index contributed by atoms with van der Waals surface area (Å²) in [5, 5.41) is 0. The first kappa shape index (κ1) is 11.0. The van der Waals surface area contributed by atoms with Gasteiger partial charge in [-0.25, -0.2) is 0 Å². The first-order valence-corrected chi connectivity index (χ1v) is 3.32. The summed E-state index contributed by atoms with van der Waals surface area (Å²) < 4.78 is 35.3. The Morgan fingerprint density at radius 2 is 1.91 bits per heavy atom. The molecule has 0 aromatic rings. The molecule has 0 aromatic carbocycles. The molecule has 0 aromatic heterocycles. The van der Waals surface area contributed by atoms with Crippen LogP contribution in [0.15, 0.2) is 0 Å². The van der Waals surface area contributed by atoms with Crippen LogP contribution in [0.4, 0.5) is 13.2 Å². The lowest BCUT2D eigenvalue weighted by molar-refractivity contribution is -0.151. The highest BCUT2D eigenvalue weighted by Crippen LogP contribution is 2.51. The molecule has 5 heteroatoms. The number of alkyl halides is 3. The van der Waals surface area contributed by atoms with Crippen LogP contribution in [0.1, 0.15) is 12.8 Å². The van der Waals surface area contributed by atoms with Gasteiger partial charge < -0.3 is 5.73 Å². The minimum absolute atomic E-state index is 0. The number of hydrogen-bond donors (Lipinski definition) is 1. The van der Waals surface area contributed by atoms with Gasteiger partial charge in [0.1, 0.15) is 0 Å². The summed E-state index contributed by atoms with van der Waals surface area (Å²) in [6, 6.07) is 0. The summed E-state index contributed by atoms with van der Waals surface area (Å²) in [5.41, 5.74) is 5.11. The largest absolute Gasteiger partial charge is 0.392 e. The molecule has 1 aliphatic carbocycles. The molecule has 11 heavy (non-hydrogen) atoms. The highest BCUT2D eigenvalue weighted by Gasteiger charge is 2.54. The average Bonchev–Trinajstić information content (AvgIpc) is 2.44. The van der Waals surface area contributed by atoms with Crippen LogP contribution in [-0.2, 0) is 0 Å². The lowest BCUT2D eigenvalue weighted by atomic mass is 10.2. The van der Waals surface area contributed by atoms with Crippen LogP contribution in [0.3, 0.4) is 0 Å². The molecule has 1 nitrogen and oxygen atoms in total. The van der Waals surface area contributed by atoms with E-state index >= 15 is 0 Å². The van der Waals surface area contributed by atoms with Crippen molar-refractivity contribution >= 4 is 12.4 Å². The molecule has 1 saturated carbocycles. The van der Waals surface area contributed by atoms with E-state index in [0.29, 0.717) is 19.4 Å². The SMILES string of the molecule is Cl.NCC[C@@H]1C[C@H]1C(F)(F)F. The lowest BCUT2D eigenvalue weighted by Gasteiger charge is -2.03. The second-order valence-corrected chi connectivity index (χ2v) is 2.72. The zero-order valence-electron chi connectivity index (χ0n) is 5.90. The van der Waals surface area contributed by atoms with Gasteiger partial charge in [-0.1, -0.05) is 0 Å². The minimum atomic E-state index is -3.97. The van der Waals surface area contributed by atoms with E-state index in [4.69, 9.17) is 5.73 Å². The smallest absolute Gasteiger partial charge is 0.330 e. The van der Waals surface area contributed by atoms with Crippen molar-refractivity contribution < 1.29 is 13.2 Å². The van der Waals surface area contributed by atoms with Crippen molar-refractivity contribution in [2.24, 2.45) is 17.6 Å². The summed E-state index contributed by atoms with van der Waals surface area (Å²) >= 11 is 0. The van der Waals surface area contributed by atoms with E-state index in [1.807, 2.05) is 0 Å². The molecule has 0 spiro atoms. The van der Waals surface area contributed by atoms with Crippen molar-refractivity contribution in [3.05, 3.63) is 0 Å². The minimum Gasteiger partial charge on any atom is -0.330 e. The Balaban J connectivity index is 0.000001000. The monoisotopic (exact) mass is 189 g/mol. The van der Waals surface area contributed by atoms with Crippen molar-refractivity contribution in [1.29, 1.82) is 0 Å². The molecule has 1 fully saturated rings. The number of nitrogens with two attached hydrogens (primary N) is 1. The van der Waals surface area contributed by atoms with Crippen LogP contribution >= 0.6 is 12.4 Å². The van der Waals surface area contributed by atoms with Gasteiger partial charge in [0.25, 0.3) is 0 Å². The molecule has 0 aliphatic heterocycles. The van der Waals surface area contributed by atoms with E-state index in [0.717, 1.165) is 0 Å². The van der Waals surface area contributed by atoms with E-state index in [1.54, 1.807) is 0 Å². The molecule has 0 unspecified atom stereocenters. The van der Waals surface area contributed by atoms with Gasteiger partial charge in [0.15, 0.2) is 0 Å². The molecule has 2 N–H and O–H groups in total. The molecule has 0 radical (unpaired) electrons. The van der Waals surface area contributed by atoms with Crippen molar-refractivity contribution in [2.45, 2.75) is 19.0 Å². The van der Waals surface area contributed by atoms with Gasteiger partial charge >= 0.3 is 6.18 Å². The van der Waals surface area contributed by atoms with Crippen LogP contribution in [-0.4, -0.2) is 12.7 Å². The maximum absolute atomic E-state index is 11.8. The molecule has 1 aliphatic rings. The fourth-order valence-electron chi connectivity index (χ4n) is 1.18. The van der Waals surface area contributed by atoms with Crippen molar-refractivity contribution in [1.82, 2.24) is 0 Å². The third kappa shape index (κ3) is 2.87. The van der Waals surface area contributed by atoms with Crippen LogP contribution in [0.5, 0.6) is 0 Å². The Morgan fingerprint density at radius 1 is 1.36 bits per heavy atom. The fourth-order valence-corrected chi connectivity index (χ4v) is 1.18. The van der Waals surface area contributed by atoms with E-state index in [1.165, 1.54) is 0 Å². The van der Waals surface area contributed by atoms with Crippen molar-refractivity contribution in [3.8, 4) is 0 Å². The van der Waals surface area contributed by atoms with E-state index < -0.39 is 12.1 Å². The van der Waals surface area contributed by atoms with Gasteiger partial charge in [-0.2, -0.15) is 13.2 Å². The number of rotatable bonds is 2. The topological polar surface area (TPSA) is 26.0 Å². The predicted octanol–water partition coefficient (Wildman–Crippen LogP) is 1.96. The van der Waals surface area contributed by atoms with Gasteiger partial charge in [0, 0.05) is 0 Å². The summed E-state index contributed by atoms with van der Waals surface area (Å²) in [4.78, 5) is 0. The van der Waals surface area contributed by atoms with Crippen molar-refractivity contribution in [3.63, 3.8) is 0 Å². The Morgan fingerprint density at radius 3 is 2.18 bits per heavy atom. The highest BCUT2D eigenvalue weighted by atomic mass is 35.5. The molecule has 0 amide bonds. The second kappa shape index (κ2) is 3.63. The second-order valence-electron chi connectivity index (χ2n) is 2.72. The van der Waals surface area contributed by atoms with Gasteiger partial charge in [-0.15, -0.1) is 12.4 Å². The molecule has 0 bridgehead atoms. The molecule has 2 atom stereocenters. The molecule has 0 saturated heterocycles. The molecule has 0 heterocycles. The zero-order valence-corrected chi connectivity index (χ0v) is 6.71. The first-order chi connectivity index (χ1) is 4.55. The Hall–Kier alpha value is 0.0400. The molecule has 1 rings (SSSR count). The normalized spacial score (nSPS) is 29.5. The van der Waals surface area contributed by atoms with Crippen LogP contribution in [0, 0.1) is 11.8 Å². The predicted molar refractivity (Wildman–Crippen MR) is 38.6 cm³/mol.